The van der Waals surface area contributed by atoms with Gasteiger partial charge in [-0.2, -0.15) is 9.78 Å². The molecule has 0 fully saturated rings. The highest BCUT2D eigenvalue weighted by molar-refractivity contribution is 6.08. The summed E-state index contributed by atoms with van der Waals surface area (Å²) >= 11 is 0. The van der Waals surface area contributed by atoms with Crippen molar-refractivity contribution in [1.29, 1.82) is 0 Å². The molecule has 37 heavy (non-hydrogen) atoms. The fourth-order valence-corrected chi connectivity index (χ4v) is 4.02. The molecule has 0 aliphatic carbocycles. The number of methoxy groups -OCH3 is 2. The highest BCUT2D eigenvalue weighted by Gasteiger charge is 2.22. The lowest BCUT2D eigenvalue weighted by Gasteiger charge is -2.12. The minimum Gasteiger partial charge on any atom is -0.497 e. The van der Waals surface area contributed by atoms with Gasteiger partial charge in [-0.05, 0) is 72.3 Å². The molecule has 10 heteroatoms. The molecule has 0 aliphatic heterocycles. The molecule has 0 spiro atoms. The molecule has 0 aliphatic rings. The van der Waals surface area contributed by atoms with Crippen LogP contribution < -0.4 is 14.8 Å². The van der Waals surface area contributed by atoms with Crippen molar-refractivity contribution in [2.75, 3.05) is 19.5 Å². The van der Waals surface area contributed by atoms with Crippen LogP contribution in [0, 0.1) is 13.8 Å². The zero-order chi connectivity index (χ0) is 25.9. The van der Waals surface area contributed by atoms with Crippen LogP contribution in [0.2, 0.25) is 0 Å². The summed E-state index contributed by atoms with van der Waals surface area (Å²) in [6.07, 6.45) is 1.71. The van der Waals surface area contributed by atoms with Gasteiger partial charge >= 0.3 is 0 Å². The predicted molar refractivity (Wildman–Crippen MR) is 139 cm³/mol. The second-order valence-electron chi connectivity index (χ2n) is 8.33. The molecule has 0 atom stereocenters. The van der Waals surface area contributed by atoms with E-state index in [2.05, 4.69) is 20.8 Å². The molecular weight excluding hydrogens is 470 g/mol. The topological polar surface area (TPSA) is 109 Å². The molecule has 0 unspecified atom stereocenters. The number of para-hydroxylation sites is 1. The number of amides is 1. The Kier molecular flexibility index (Phi) is 6.38. The van der Waals surface area contributed by atoms with Crippen LogP contribution in [0.3, 0.4) is 0 Å². The van der Waals surface area contributed by atoms with Gasteiger partial charge in [0, 0.05) is 17.4 Å². The second kappa shape index (κ2) is 9.94. The summed E-state index contributed by atoms with van der Waals surface area (Å²) in [5, 5.41) is 19.5. The van der Waals surface area contributed by atoms with E-state index in [1.165, 1.54) is 0 Å². The molecule has 0 bridgehead atoms. The molecule has 1 amide bonds. The van der Waals surface area contributed by atoms with Gasteiger partial charge in [-0.15, -0.1) is 5.10 Å². The minimum atomic E-state index is -0.328. The van der Waals surface area contributed by atoms with Crippen LogP contribution in [0.25, 0.3) is 22.6 Å². The monoisotopic (exact) mass is 495 g/mol. The summed E-state index contributed by atoms with van der Waals surface area (Å²) in [7, 11) is 3.16. The Hall–Kier alpha value is -4.99. The Bertz CT molecular complexity index is 1570. The molecule has 186 valence electrons. The Labute approximate surface area is 213 Å². The number of benzene rings is 3. The number of aromatic nitrogens is 6. The number of anilines is 1. The van der Waals surface area contributed by atoms with E-state index < -0.39 is 0 Å². The number of hydrogen-bond acceptors (Lipinski definition) is 7. The van der Waals surface area contributed by atoms with E-state index >= 15 is 0 Å². The first-order valence-electron chi connectivity index (χ1n) is 11.5. The molecular formula is C27H25N7O3. The van der Waals surface area contributed by atoms with Crippen LogP contribution in [0.1, 0.15) is 21.7 Å². The smallest absolute Gasteiger partial charge is 0.259 e. The minimum absolute atomic E-state index is 0.328. The van der Waals surface area contributed by atoms with Crippen molar-refractivity contribution in [2.45, 2.75) is 13.8 Å². The normalized spacial score (nSPS) is 10.8. The van der Waals surface area contributed by atoms with Gasteiger partial charge in [0.15, 0.2) is 5.82 Å². The van der Waals surface area contributed by atoms with Crippen LogP contribution in [0.15, 0.2) is 72.9 Å². The average Bonchev–Trinajstić information content (AvgIpc) is 3.56. The summed E-state index contributed by atoms with van der Waals surface area (Å²) < 4.78 is 14.3. The zero-order valence-corrected chi connectivity index (χ0v) is 20.8. The van der Waals surface area contributed by atoms with Crippen molar-refractivity contribution >= 4 is 11.6 Å². The zero-order valence-electron chi connectivity index (χ0n) is 20.8. The van der Waals surface area contributed by atoms with Crippen molar-refractivity contribution < 1.29 is 14.3 Å². The Morgan fingerprint density at radius 2 is 1.76 bits per heavy atom. The van der Waals surface area contributed by atoms with E-state index in [0.717, 1.165) is 16.9 Å². The number of carbonyl (C=O) groups excluding carboxylic acids is 1. The number of nitrogens with zero attached hydrogens (tertiary/aromatic N) is 6. The predicted octanol–water partition coefficient (Wildman–Crippen LogP) is 4.40. The molecule has 0 saturated carbocycles. The lowest BCUT2D eigenvalue weighted by Crippen LogP contribution is -2.13. The van der Waals surface area contributed by atoms with Gasteiger partial charge in [0.05, 0.1) is 31.2 Å². The molecule has 1 N–H and O–H groups in total. The highest BCUT2D eigenvalue weighted by Crippen LogP contribution is 2.35. The van der Waals surface area contributed by atoms with E-state index in [-0.39, 0.29) is 5.91 Å². The SMILES string of the molecule is COc1ccc(OC)c(-c2nn(-c3ccccc3)cc2C(=O)Nc2ccc(C)c(-n3nnnc3C)c2)c1. The Morgan fingerprint density at radius 3 is 2.46 bits per heavy atom. The fraction of sp³-hybridized carbons (Fsp3) is 0.148. The van der Waals surface area contributed by atoms with E-state index in [9.17, 15) is 4.79 Å². The maximum absolute atomic E-state index is 13.7. The van der Waals surface area contributed by atoms with Gasteiger partial charge in [0.25, 0.3) is 5.91 Å². The van der Waals surface area contributed by atoms with Crippen molar-refractivity contribution in [1.82, 2.24) is 30.0 Å². The molecule has 0 saturated heterocycles. The quantitative estimate of drug-likeness (QED) is 0.356. The van der Waals surface area contributed by atoms with Gasteiger partial charge in [-0.25, -0.2) is 4.68 Å². The van der Waals surface area contributed by atoms with Crippen LogP contribution in [0.4, 0.5) is 5.69 Å². The lowest BCUT2D eigenvalue weighted by molar-refractivity contribution is 0.102. The average molecular weight is 496 g/mol. The molecule has 2 aromatic heterocycles. The first-order valence-corrected chi connectivity index (χ1v) is 11.5. The second-order valence-corrected chi connectivity index (χ2v) is 8.33. The standard InChI is InChI=1S/C27H25N7O3/c1-17-10-11-19(14-24(17)34-18(2)29-31-32-34)28-27(35)23-16-33(20-8-6-5-7-9-20)30-26(23)22-15-21(36-3)12-13-25(22)37-4/h5-16H,1-4H3,(H,28,35). The van der Waals surface area contributed by atoms with E-state index in [4.69, 9.17) is 14.6 Å². The number of rotatable bonds is 7. The van der Waals surface area contributed by atoms with Crippen molar-refractivity contribution in [3.05, 3.63) is 89.9 Å². The summed E-state index contributed by atoms with van der Waals surface area (Å²) in [5.41, 5.74) is 4.61. The number of ether oxygens (including phenoxy) is 2. The third-order valence-electron chi connectivity index (χ3n) is 5.96. The van der Waals surface area contributed by atoms with E-state index in [1.807, 2.05) is 62.4 Å². The molecule has 5 aromatic rings. The maximum atomic E-state index is 13.7. The molecule has 3 aromatic carbocycles. The van der Waals surface area contributed by atoms with Crippen LogP contribution in [0.5, 0.6) is 11.5 Å². The maximum Gasteiger partial charge on any atom is 0.259 e. The highest BCUT2D eigenvalue weighted by atomic mass is 16.5. The van der Waals surface area contributed by atoms with Crippen molar-refractivity contribution in [2.24, 2.45) is 0 Å². The molecule has 0 radical (unpaired) electrons. The summed E-state index contributed by atoms with van der Waals surface area (Å²) in [4.78, 5) is 13.7. The number of tetrazole rings is 1. The van der Waals surface area contributed by atoms with Gasteiger partial charge in [0.1, 0.15) is 17.2 Å². The third kappa shape index (κ3) is 4.64. The van der Waals surface area contributed by atoms with E-state index in [1.54, 1.807) is 48.0 Å². The van der Waals surface area contributed by atoms with Crippen molar-refractivity contribution in [3.63, 3.8) is 0 Å². The van der Waals surface area contributed by atoms with Gasteiger partial charge < -0.3 is 14.8 Å². The molecule has 10 nitrogen and oxygen atoms in total. The van der Waals surface area contributed by atoms with E-state index in [0.29, 0.717) is 39.8 Å². The summed E-state index contributed by atoms with van der Waals surface area (Å²) in [6, 6.07) is 20.6. The Balaban J connectivity index is 1.58. The first kappa shape index (κ1) is 23.7. The number of nitrogens with one attached hydrogen (secondary N) is 1. The summed E-state index contributed by atoms with van der Waals surface area (Å²) in [6.45, 7) is 3.77. The number of carbonyl (C=O) groups is 1. The largest absolute Gasteiger partial charge is 0.497 e. The number of aryl methyl sites for hydroxylation is 2. The summed E-state index contributed by atoms with van der Waals surface area (Å²) in [5.74, 6) is 1.50. The molecule has 2 heterocycles. The van der Waals surface area contributed by atoms with Gasteiger partial charge in [-0.3, -0.25) is 4.79 Å². The van der Waals surface area contributed by atoms with Gasteiger partial charge in [0.2, 0.25) is 0 Å². The first-order chi connectivity index (χ1) is 18.0. The van der Waals surface area contributed by atoms with Crippen LogP contribution in [-0.4, -0.2) is 50.1 Å². The third-order valence-corrected chi connectivity index (χ3v) is 5.96. The number of hydrogen-bond donors (Lipinski definition) is 1. The molecule has 5 rings (SSSR count). The van der Waals surface area contributed by atoms with Gasteiger partial charge in [-0.1, -0.05) is 24.3 Å². The fourth-order valence-electron chi connectivity index (χ4n) is 4.02. The van der Waals surface area contributed by atoms with Crippen molar-refractivity contribution in [3.8, 4) is 34.1 Å². The Morgan fingerprint density at radius 1 is 0.946 bits per heavy atom. The van der Waals surface area contributed by atoms with Crippen LogP contribution >= 0.6 is 0 Å². The lowest BCUT2D eigenvalue weighted by atomic mass is 10.1. The van der Waals surface area contributed by atoms with Crippen LogP contribution in [-0.2, 0) is 0 Å².